The number of nitrogens with two attached hydrogens (primary N) is 1. The van der Waals surface area contributed by atoms with Crippen LogP contribution in [-0.2, 0) is 10.2 Å². The van der Waals surface area contributed by atoms with E-state index in [9.17, 15) is 4.79 Å². The fourth-order valence-corrected chi connectivity index (χ4v) is 4.58. The Labute approximate surface area is 163 Å². The van der Waals surface area contributed by atoms with E-state index in [0.29, 0.717) is 6.54 Å². The van der Waals surface area contributed by atoms with Crippen LogP contribution in [0.15, 0.2) is 24.3 Å². The first kappa shape index (κ1) is 19.3. The van der Waals surface area contributed by atoms with Crippen molar-refractivity contribution >= 4 is 28.8 Å². The first-order valence-electron chi connectivity index (χ1n) is 9.12. The molecule has 1 heterocycles. The van der Waals surface area contributed by atoms with Crippen molar-refractivity contribution in [3.05, 3.63) is 44.9 Å². The average molecular weight is 393 g/mol. The van der Waals surface area contributed by atoms with Crippen LogP contribution in [0.2, 0.25) is 5.02 Å². The van der Waals surface area contributed by atoms with Crippen molar-refractivity contribution in [3.63, 3.8) is 0 Å². The number of unbranched alkanes of at least 4 members (excludes halogenated alkanes) is 2. The molecule has 0 radical (unpaired) electrons. The van der Waals surface area contributed by atoms with Crippen LogP contribution < -0.4 is 11.1 Å². The van der Waals surface area contributed by atoms with Crippen molar-refractivity contribution in [2.24, 2.45) is 5.73 Å². The van der Waals surface area contributed by atoms with Crippen molar-refractivity contribution in [1.29, 1.82) is 0 Å². The van der Waals surface area contributed by atoms with Gasteiger partial charge in [-0.15, -0.1) is 10.2 Å². The summed E-state index contributed by atoms with van der Waals surface area (Å²) in [4.78, 5) is 11.6. The largest absolute Gasteiger partial charge is 0.347 e. The molecule has 5 nitrogen and oxygen atoms in total. The molecule has 1 atom stereocenters. The second kappa shape index (κ2) is 8.46. The highest BCUT2D eigenvalue weighted by Gasteiger charge is 2.49. The number of benzene rings is 1. The van der Waals surface area contributed by atoms with E-state index >= 15 is 0 Å². The summed E-state index contributed by atoms with van der Waals surface area (Å²) in [6, 6.07) is 7.94. The van der Waals surface area contributed by atoms with Crippen molar-refractivity contribution < 1.29 is 4.79 Å². The van der Waals surface area contributed by atoms with Gasteiger partial charge in [0, 0.05) is 17.4 Å². The minimum Gasteiger partial charge on any atom is -0.347 e. The Morgan fingerprint density at radius 3 is 2.62 bits per heavy atom. The maximum absolute atomic E-state index is 11.6. The quantitative estimate of drug-likeness (QED) is 0.632. The summed E-state index contributed by atoms with van der Waals surface area (Å²) < 4.78 is 0. The third-order valence-corrected chi connectivity index (χ3v) is 6.36. The van der Waals surface area contributed by atoms with Gasteiger partial charge < -0.3 is 11.1 Å². The maximum atomic E-state index is 11.6. The monoisotopic (exact) mass is 392 g/mol. The van der Waals surface area contributed by atoms with Gasteiger partial charge in [-0.05, 0) is 49.9 Å². The molecule has 1 aliphatic carbocycles. The SMILES string of the molecule is CC(=O)N[C@@H](CCCCCN)c1nnc(C2(c3ccc(Cl)cc3)CC2)s1. The van der Waals surface area contributed by atoms with Gasteiger partial charge in [0.25, 0.3) is 0 Å². The molecule has 1 fully saturated rings. The molecule has 1 aromatic heterocycles. The summed E-state index contributed by atoms with van der Waals surface area (Å²) in [5, 5.41) is 14.6. The molecule has 140 valence electrons. The third kappa shape index (κ3) is 4.42. The first-order valence-corrected chi connectivity index (χ1v) is 10.3. The predicted octanol–water partition coefficient (Wildman–Crippen LogP) is 3.97. The van der Waals surface area contributed by atoms with Gasteiger partial charge in [-0.25, -0.2) is 0 Å². The zero-order valence-electron chi connectivity index (χ0n) is 15.0. The Morgan fingerprint density at radius 1 is 1.27 bits per heavy atom. The van der Waals surface area contributed by atoms with Gasteiger partial charge in [0.15, 0.2) is 0 Å². The van der Waals surface area contributed by atoms with Crippen molar-refractivity contribution in [1.82, 2.24) is 15.5 Å². The summed E-state index contributed by atoms with van der Waals surface area (Å²) in [7, 11) is 0. The van der Waals surface area contributed by atoms with Crippen molar-refractivity contribution in [2.75, 3.05) is 6.54 Å². The number of amides is 1. The molecule has 0 unspecified atom stereocenters. The van der Waals surface area contributed by atoms with Gasteiger partial charge in [0.2, 0.25) is 5.91 Å². The molecule has 3 N–H and O–H groups in total. The van der Waals surface area contributed by atoms with Crippen LogP contribution in [0.25, 0.3) is 0 Å². The van der Waals surface area contributed by atoms with Crippen LogP contribution in [-0.4, -0.2) is 22.6 Å². The van der Waals surface area contributed by atoms with Crippen LogP contribution in [0, 0.1) is 0 Å². The number of rotatable bonds is 9. The normalized spacial score (nSPS) is 16.3. The van der Waals surface area contributed by atoms with Crippen LogP contribution in [0.5, 0.6) is 0 Å². The molecule has 0 saturated heterocycles. The second-order valence-electron chi connectivity index (χ2n) is 6.93. The lowest BCUT2D eigenvalue weighted by Gasteiger charge is -2.15. The second-order valence-corrected chi connectivity index (χ2v) is 8.37. The zero-order chi connectivity index (χ0) is 18.6. The standard InChI is InChI=1S/C19H25ClN4OS/c1-13(25)22-16(5-3-2-4-12-21)17-23-24-18(26-17)19(10-11-19)14-6-8-15(20)9-7-14/h6-9,16H,2-5,10-12,21H2,1H3,(H,22,25)/t16-/m0/s1. The Kier molecular flexibility index (Phi) is 6.27. The van der Waals surface area contributed by atoms with E-state index in [1.54, 1.807) is 18.3 Å². The predicted molar refractivity (Wildman–Crippen MR) is 105 cm³/mol. The molecule has 1 amide bonds. The molecule has 1 aliphatic rings. The topological polar surface area (TPSA) is 80.9 Å². The first-order chi connectivity index (χ1) is 12.5. The van der Waals surface area contributed by atoms with E-state index < -0.39 is 0 Å². The Morgan fingerprint density at radius 2 is 2.00 bits per heavy atom. The summed E-state index contributed by atoms with van der Waals surface area (Å²) in [5.74, 6) is -0.0376. The van der Waals surface area contributed by atoms with Gasteiger partial charge in [0.05, 0.1) is 6.04 Å². The molecule has 1 aromatic carbocycles. The van der Waals surface area contributed by atoms with E-state index in [4.69, 9.17) is 17.3 Å². The van der Waals surface area contributed by atoms with E-state index in [1.165, 1.54) is 5.56 Å². The number of aromatic nitrogens is 2. The highest BCUT2D eigenvalue weighted by molar-refractivity contribution is 7.11. The lowest BCUT2D eigenvalue weighted by molar-refractivity contribution is -0.119. The minimum absolute atomic E-state index is 0.0270. The summed E-state index contributed by atoms with van der Waals surface area (Å²) in [5.41, 5.74) is 6.77. The number of hydrogen-bond acceptors (Lipinski definition) is 5. The fraction of sp³-hybridized carbons (Fsp3) is 0.526. The molecular weight excluding hydrogens is 368 g/mol. The lowest BCUT2D eigenvalue weighted by Crippen LogP contribution is -2.26. The van der Waals surface area contributed by atoms with E-state index in [-0.39, 0.29) is 17.4 Å². The minimum atomic E-state index is -0.0717. The molecule has 0 spiro atoms. The highest BCUT2D eigenvalue weighted by Crippen LogP contribution is 2.54. The Bertz CT molecular complexity index is 742. The number of carbonyl (C=O) groups excluding carboxylic acids is 1. The molecule has 26 heavy (non-hydrogen) atoms. The third-order valence-electron chi connectivity index (χ3n) is 4.87. The molecule has 3 rings (SSSR count). The van der Waals surface area contributed by atoms with Crippen molar-refractivity contribution in [2.45, 2.75) is 56.9 Å². The maximum Gasteiger partial charge on any atom is 0.217 e. The smallest absolute Gasteiger partial charge is 0.217 e. The van der Waals surface area contributed by atoms with E-state index in [1.807, 2.05) is 12.1 Å². The van der Waals surface area contributed by atoms with Gasteiger partial charge >= 0.3 is 0 Å². The summed E-state index contributed by atoms with van der Waals surface area (Å²) in [6.07, 6.45) is 6.09. The fourth-order valence-electron chi connectivity index (χ4n) is 3.26. The molecule has 0 bridgehead atoms. The highest BCUT2D eigenvalue weighted by atomic mass is 35.5. The van der Waals surface area contributed by atoms with Gasteiger partial charge in [-0.2, -0.15) is 0 Å². The molecule has 0 aliphatic heterocycles. The number of carbonyl (C=O) groups is 1. The molecule has 7 heteroatoms. The molecule has 2 aromatic rings. The zero-order valence-corrected chi connectivity index (χ0v) is 16.6. The van der Waals surface area contributed by atoms with Gasteiger partial charge in [0.1, 0.15) is 10.0 Å². The van der Waals surface area contributed by atoms with E-state index in [2.05, 4.69) is 27.6 Å². The van der Waals surface area contributed by atoms with Crippen LogP contribution >= 0.6 is 22.9 Å². The average Bonchev–Trinajstić information content (AvgIpc) is 3.27. The summed E-state index contributed by atoms with van der Waals surface area (Å²) in [6.45, 7) is 2.25. The lowest BCUT2D eigenvalue weighted by atomic mass is 9.97. The number of halogens is 1. The van der Waals surface area contributed by atoms with Crippen LogP contribution in [0.1, 0.15) is 67.1 Å². The number of hydrogen-bond donors (Lipinski definition) is 2. The van der Waals surface area contributed by atoms with Crippen LogP contribution in [0.4, 0.5) is 0 Å². The van der Waals surface area contributed by atoms with Gasteiger partial charge in [-0.3, -0.25) is 4.79 Å². The van der Waals surface area contributed by atoms with Crippen molar-refractivity contribution in [3.8, 4) is 0 Å². The van der Waals surface area contributed by atoms with Crippen LogP contribution in [0.3, 0.4) is 0 Å². The Hall–Kier alpha value is -1.50. The molecule has 1 saturated carbocycles. The van der Waals surface area contributed by atoms with Gasteiger partial charge in [-0.1, -0.05) is 47.9 Å². The summed E-state index contributed by atoms with van der Waals surface area (Å²) >= 11 is 7.64. The number of nitrogens with one attached hydrogen (secondary N) is 1. The Balaban J connectivity index is 1.75. The van der Waals surface area contributed by atoms with E-state index in [0.717, 1.165) is 53.6 Å². The number of nitrogens with zero attached hydrogens (tertiary/aromatic N) is 2. The molecular formula is C19H25ClN4OS.